The molecule has 29 heavy (non-hydrogen) atoms. The Morgan fingerprint density at radius 1 is 1.07 bits per heavy atom. The number of carboxylic acid groups (broad SMARTS) is 1. The summed E-state index contributed by atoms with van der Waals surface area (Å²) in [5.41, 5.74) is 3.74. The lowest BCUT2D eigenvalue weighted by Crippen LogP contribution is -2.48. The molecular weight excluding hydrogens is 392 g/mol. The average molecular weight is 423 g/mol. The Labute approximate surface area is 172 Å². The number of sulfonamides is 1. The van der Waals surface area contributed by atoms with Crippen LogP contribution in [0.2, 0.25) is 0 Å². The molecule has 2 unspecified atom stereocenters. The summed E-state index contributed by atoms with van der Waals surface area (Å²) in [6.07, 6.45) is 0.473. The number of hydrogen-bond donors (Lipinski definition) is 1. The second kappa shape index (κ2) is 7.77. The lowest BCUT2D eigenvalue weighted by atomic mass is 10.0. The zero-order valence-electron chi connectivity index (χ0n) is 17.1. The van der Waals surface area contributed by atoms with E-state index >= 15 is 0 Å². The van der Waals surface area contributed by atoms with Gasteiger partial charge in [0.05, 0.1) is 6.26 Å². The van der Waals surface area contributed by atoms with Crippen molar-refractivity contribution in [2.75, 3.05) is 63.5 Å². The Kier molecular flexibility index (Phi) is 5.48. The summed E-state index contributed by atoms with van der Waals surface area (Å²) in [6.45, 7) is 8.69. The number of nitrogens with zero attached hydrogens (tertiary/aromatic N) is 4. The van der Waals surface area contributed by atoms with Crippen molar-refractivity contribution in [2.24, 2.45) is 11.8 Å². The van der Waals surface area contributed by atoms with Gasteiger partial charge in [-0.1, -0.05) is 12.1 Å². The van der Waals surface area contributed by atoms with Crippen LogP contribution in [0.5, 0.6) is 0 Å². The summed E-state index contributed by atoms with van der Waals surface area (Å²) in [5, 5.41) is 9.19. The number of amides is 1. The number of anilines is 1. The highest BCUT2D eigenvalue weighted by atomic mass is 32.2. The maximum absolute atomic E-state index is 11.8. The standard InChI is InChI=1S/C20H30N4O4S/c1-15-16(10-21-11-17-13-23(20(25)26)14-18(17)12-21)4-3-5-19(15)22-6-8-24(9-7-22)29(2,27)28/h3-5,17-18H,6-14H2,1-2H3,(H,25,26). The van der Waals surface area contributed by atoms with Gasteiger partial charge in [-0.05, 0) is 36.0 Å². The lowest BCUT2D eigenvalue weighted by molar-refractivity contribution is 0.148. The van der Waals surface area contributed by atoms with E-state index in [4.69, 9.17) is 0 Å². The Morgan fingerprint density at radius 2 is 1.69 bits per heavy atom. The molecule has 0 spiro atoms. The molecule has 1 aromatic rings. The van der Waals surface area contributed by atoms with E-state index in [0.717, 1.165) is 19.6 Å². The second-order valence-electron chi connectivity index (χ2n) is 8.61. The van der Waals surface area contributed by atoms with Gasteiger partial charge in [-0.15, -0.1) is 0 Å². The average Bonchev–Trinajstić information content (AvgIpc) is 3.22. The van der Waals surface area contributed by atoms with Crippen LogP contribution in [0.4, 0.5) is 10.5 Å². The number of carbonyl (C=O) groups is 1. The maximum atomic E-state index is 11.8. The molecule has 1 N–H and O–H groups in total. The van der Waals surface area contributed by atoms with Crippen molar-refractivity contribution in [1.82, 2.24) is 14.1 Å². The van der Waals surface area contributed by atoms with Crippen molar-refractivity contribution < 1.29 is 18.3 Å². The van der Waals surface area contributed by atoms with E-state index in [2.05, 4.69) is 34.9 Å². The third kappa shape index (κ3) is 4.22. The SMILES string of the molecule is Cc1c(CN2CC3CN(C(=O)O)CC3C2)cccc1N1CCN(S(C)(=O)=O)CC1. The first kappa shape index (κ1) is 20.4. The number of piperazine rings is 1. The van der Waals surface area contributed by atoms with Crippen molar-refractivity contribution in [1.29, 1.82) is 0 Å². The molecule has 3 heterocycles. The molecule has 8 nitrogen and oxygen atoms in total. The Bertz CT molecular complexity index is 868. The number of hydrogen-bond acceptors (Lipinski definition) is 5. The molecule has 3 aliphatic rings. The number of benzene rings is 1. The fourth-order valence-corrected chi connectivity index (χ4v) is 5.89. The molecule has 3 fully saturated rings. The van der Waals surface area contributed by atoms with Gasteiger partial charge in [0.25, 0.3) is 0 Å². The lowest BCUT2D eigenvalue weighted by Gasteiger charge is -2.36. The molecule has 1 aromatic carbocycles. The monoisotopic (exact) mass is 422 g/mol. The highest BCUT2D eigenvalue weighted by Crippen LogP contribution is 2.33. The summed E-state index contributed by atoms with van der Waals surface area (Å²) in [7, 11) is -3.12. The van der Waals surface area contributed by atoms with Gasteiger partial charge in [0.15, 0.2) is 0 Å². The topological polar surface area (TPSA) is 84.4 Å². The first-order chi connectivity index (χ1) is 13.7. The van der Waals surface area contributed by atoms with Crippen LogP contribution in [0.3, 0.4) is 0 Å². The van der Waals surface area contributed by atoms with Crippen molar-refractivity contribution in [3.63, 3.8) is 0 Å². The van der Waals surface area contributed by atoms with Crippen molar-refractivity contribution in [3.05, 3.63) is 29.3 Å². The number of rotatable bonds is 4. The summed E-state index contributed by atoms with van der Waals surface area (Å²) in [5.74, 6) is 0.886. The predicted octanol–water partition coefficient (Wildman–Crippen LogP) is 1.12. The molecule has 3 aliphatic heterocycles. The summed E-state index contributed by atoms with van der Waals surface area (Å²) >= 11 is 0. The molecule has 4 rings (SSSR count). The van der Waals surface area contributed by atoms with E-state index in [-0.39, 0.29) is 0 Å². The molecule has 0 aromatic heterocycles. The Balaban J connectivity index is 1.39. The van der Waals surface area contributed by atoms with Crippen LogP contribution < -0.4 is 4.90 Å². The van der Waals surface area contributed by atoms with Gasteiger partial charge in [0.1, 0.15) is 0 Å². The number of fused-ring (bicyclic) bond motifs is 1. The minimum absolute atomic E-state index is 0.443. The van der Waals surface area contributed by atoms with Crippen LogP contribution in [-0.2, 0) is 16.6 Å². The molecule has 160 valence electrons. The predicted molar refractivity (Wildman–Crippen MR) is 112 cm³/mol. The van der Waals surface area contributed by atoms with E-state index in [1.54, 1.807) is 9.21 Å². The zero-order valence-corrected chi connectivity index (χ0v) is 17.9. The van der Waals surface area contributed by atoms with E-state index in [0.29, 0.717) is 51.1 Å². The van der Waals surface area contributed by atoms with Gasteiger partial charge in [-0.25, -0.2) is 13.2 Å². The van der Waals surface area contributed by atoms with Gasteiger partial charge >= 0.3 is 6.09 Å². The smallest absolute Gasteiger partial charge is 0.407 e. The molecule has 0 radical (unpaired) electrons. The van der Waals surface area contributed by atoms with Gasteiger partial charge < -0.3 is 14.9 Å². The van der Waals surface area contributed by atoms with Gasteiger partial charge in [0, 0.05) is 64.6 Å². The minimum atomic E-state index is -3.12. The molecule has 2 atom stereocenters. The second-order valence-corrected chi connectivity index (χ2v) is 10.6. The van der Waals surface area contributed by atoms with Crippen molar-refractivity contribution in [3.8, 4) is 0 Å². The number of likely N-dealkylation sites (tertiary alicyclic amines) is 2. The van der Waals surface area contributed by atoms with Crippen LogP contribution in [0, 0.1) is 18.8 Å². The van der Waals surface area contributed by atoms with Crippen LogP contribution in [0.25, 0.3) is 0 Å². The van der Waals surface area contributed by atoms with Crippen LogP contribution in [0.1, 0.15) is 11.1 Å². The fourth-order valence-electron chi connectivity index (χ4n) is 5.06. The first-order valence-corrected chi connectivity index (χ1v) is 12.1. The Hall–Kier alpha value is -1.84. The van der Waals surface area contributed by atoms with Gasteiger partial charge in [-0.3, -0.25) is 4.90 Å². The molecule has 9 heteroatoms. The zero-order chi connectivity index (χ0) is 20.8. The minimum Gasteiger partial charge on any atom is -0.465 e. The van der Waals surface area contributed by atoms with Crippen LogP contribution >= 0.6 is 0 Å². The van der Waals surface area contributed by atoms with E-state index in [1.165, 1.54) is 23.1 Å². The van der Waals surface area contributed by atoms with Gasteiger partial charge in [-0.2, -0.15) is 4.31 Å². The van der Waals surface area contributed by atoms with E-state index in [9.17, 15) is 18.3 Å². The fraction of sp³-hybridized carbons (Fsp3) is 0.650. The Morgan fingerprint density at radius 3 is 2.24 bits per heavy atom. The molecular formula is C20H30N4O4S. The normalized spacial score (nSPS) is 26.1. The third-order valence-electron chi connectivity index (χ3n) is 6.69. The molecule has 0 saturated carbocycles. The van der Waals surface area contributed by atoms with Crippen LogP contribution in [-0.4, -0.2) is 92.3 Å². The summed E-state index contributed by atoms with van der Waals surface area (Å²) in [4.78, 5) is 17.5. The highest BCUT2D eigenvalue weighted by molar-refractivity contribution is 7.88. The summed E-state index contributed by atoms with van der Waals surface area (Å²) < 4.78 is 25.0. The maximum Gasteiger partial charge on any atom is 0.407 e. The molecule has 0 aliphatic carbocycles. The van der Waals surface area contributed by atoms with Gasteiger partial charge in [0.2, 0.25) is 10.0 Å². The van der Waals surface area contributed by atoms with E-state index < -0.39 is 16.1 Å². The molecule has 3 saturated heterocycles. The van der Waals surface area contributed by atoms with E-state index in [1.807, 2.05) is 0 Å². The van der Waals surface area contributed by atoms with Crippen molar-refractivity contribution >= 4 is 21.8 Å². The van der Waals surface area contributed by atoms with Crippen LogP contribution in [0.15, 0.2) is 18.2 Å². The summed E-state index contributed by atoms with van der Waals surface area (Å²) in [6, 6.07) is 6.38. The third-order valence-corrected chi connectivity index (χ3v) is 8.00. The largest absolute Gasteiger partial charge is 0.465 e. The quantitative estimate of drug-likeness (QED) is 0.783. The van der Waals surface area contributed by atoms with Crippen molar-refractivity contribution in [2.45, 2.75) is 13.5 Å². The molecule has 1 amide bonds. The highest BCUT2D eigenvalue weighted by Gasteiger charge is 2.41. The first-order valence-electron chi connectivity index (χ1n) is 10.2. The molecule has 0 bridgehead atoms.